The zero-order valence-corrected chi connectivity index (χ0v) is 13.5. The van der Waals surface area contributed by atoms with E-state index in [1.54, 1.807) is 0 Å². The number of hydrogen-bond donors (Lipinski definition) is 1. The first kappa shape index (κ1) is 14.1. The van der Waals surface area contributed by atoms with Crippen molar-refractivity contribution in [2.75, 3.05) is 11.2 Å². The average molecular weight is 355 g/mol. The van der Waals surface area contributed by atoms with Crippen LogP contribution in [-0.2, 0) is 0 Å². The van der Waals surface area contributed by atoms with Gasteiger partial charge in [-0.15, -0.1) is 11.6 Å². The lowest BCUT2D eigenvalue weighted by atomic mass is 9.83. The number of alkyl halides is 1. The molecular weight excluding hydrogens is 338 g/mol. The third kappa shape index (κ3) is 2.77. The minimum atomic E-state index is 0.00282. The van der Waals surface area contributed by atoms with E-state index in [-0.39, 0.29) is 5.54 Å². The standard InChI is InChI=1S/C15H17BrClN3/c16-11-8-13-14(19-9-11)12(4-7-18-13)20-15(10-17)5-2-1-3-6-15/h4,7-9H,1-3,5-6,10H2,(H,18,20). The summed E-state index contributed by atoms with van der Waals surface area (Å²) in [7, 11) is 0. The zero-order valence-electron chi connectivity index (χ0n) is 11.2. The molecule has 2 aromatic heterocycles. The summed E-state index contributed by atoms with van der Waals surface area (Å²) >= 11 is 9.69. The molecule has 3 rings (SSSR count). The molecule has 5 heteroatoms. The van der Waals surface area contributed by atoms with Crippen LogP contribution in [0.15, 0.2) is 29.0 Å². The van der Waals surface area contributed by atoms with Crippen molar-refractivity contribution in [3.05, 3.63) is 29.0 Å². The molecule has 106 valence electrons. The number of nitrogens with one attached hydrogen (secondary N) is 1. The van der Waals surface area contributed by atoms with Crippen LogP contribution in [0.1, 0.15) is 32.1 Å². The van der Waals surface area contributed by atoms with E-state index in [1.165, 1.54) is 19.3 Å². The molecule has 1 saturated carbocycles. The topological polar surface area (TPSA) is 37.8 Å². The Morgan fingerprint density at radius 3 is 2.80 bits per heavy atom. The van der Waals surface area contributed by atoms with Crippen LogP contribution < -0.4 is 5.32 Å². The van der Waals surface area contributed by atoms with Gasteiger partial charge in [-0.1, -0.05) is 19.3 Å². The summed E-state index contributed by atoms with van der Waals surface area (Å²) in [6.45, 7) is 0. The predicted molar refractivity (Wildman–Crippen MR) is 87.4 cm³/mol. The number of fused-ring (bicyclic) bond motifs is 1. The van der Waals surface area contributed by atoms with Gasteiger partial charge in [0.2, 0.25) is 0 Å². The van der Waals surface area contributed by atoms with Crippen LogP contribution in [0, 0.1) is 0 Å². The highest BCUT2D eigenvalue weighted by molar-refractivity contribution is 9.10. The Morgan fingerprint density at radius 1 is 1.25 bits per heavy atom. The van der Waals surface area contributed by atoms with Crippen LogP contribution in [0.5, 0.6) is 0 Å². The Morgan fingerprint density at radius 2 is 2.05 bits per heavy atom. The Labute approximate surface area is 132 Å². The highest BCUT2D eigenvalue weighted by Gasteiger charge is 2.31. The lowest BCUT2D eigenvalue weighted by Crippen LogP contribution is -2.42. The van der Waals surface area contributed by atoms with Gasteiger partial charge in [0, 0.05) is 22.7 Å². The Balaban J connectivity index is 1.97. The van der Waals surface area contributed by atoms with E-state index < -0.39 is 0 Å². The highest BCUT2D eigenvalue weighted by Crippen LogP contribution is 2.34. The van der Waals surface area contributed by atoms with Crippen molar-refractivity contribution in [2.45, 2.75) is 37.6 Å². The molecule has 3 nitrogen and oxygen atoms in total. The monoisotopic (exact) mass is 353 g/mol. The van der Waals surface area contributed by atoms with E-state index in [4.69, 9.17) is 11.6 Å². The molecule has 0 aliphatic heterocycles. The number of nitrogens with zero attached hydrogens (tertiary/aromatic N) is 2. The summed E-state index contributed by atoms with van der Waals surface area (Å²) < 4.78 is 0.944. The number of rotatable bonds is 3. The summed E-state index contributed by atoms with van der Waals surface area (Å²) in [5, 5.41) is 3.66. The van der Waals surface area contributed by atoms with Crippen molar-refractivity contribution in [1.29, 1.82) is 0 Å². The smallest absolute Gasteiger partial charge is 0.112 e. The van der Waals surface area contributed by atoms with Gasteiger partial charge in [-0.3, -0.25) is 9.97 Å². The highest BCUT2D eigenvalue weighted by atomic mass is 79.9. The second kappa shape index (κ2) is 5.86. The number of pyridine rings is 2. The lowest BCUT2D eigenvalue weighted by molar-refractivity contribution is 0.353. The van der Waals surface area contributed by atoms with Crippen molar-refractivity contribution in [1.82, 2.24) is 9.97 Å². The fraction of sp³-hybridized carbons (Fsp3) is 0.467. The molecule has 0 aromatic carbocycles. The first-order valence-electron chi connectivity index (χ1n) is 6.97. The van der Waals surface area contributed by atoms with Crippen molar-refractivity contribution in [3.63, 3.8) is 0 Å². The molecule has 1 aliphatic carbocycles. The molecule has 1 N–H and O–H groups in total. The third-order valence-corrected chi connectivity index (χ3v) is 4.96. The predicted octanol–water partition coefficient (Wildman–Crippen LogP) is 4.75. The maximum atomic E-state index is 6.26. The first-order chi connectivity index (χ1) is 9.72. The van der Waals surface area contributed by atoms with Crippen molar-refractivity contribution < 1.29 is 0 Å². The molecule has 0 bridgehead atoms. The number of anilines is 1. The van der Waals surface area contributed by atoms with Gasteiger partial charge in [-0.05, 0) is 40.9 Å². The molecule has 0 atom stereocenters. The van der Waals surface area contributed by atoms with Crippen LogP contribution in [0.25, 0.3) is 11.0 Å². The fourth-order valence-corrected chi connectivity index (χ4v) is 3.57. The molecular formula is C15H17BrClN3. The van der Waals surface area contributed by atoms with Crippen LogP contribution >= 0.6 is 27.5 Å². The van der Waals surface area contributed by atoms with E-state index >= 15 is 0 Å². The minimum Gasteiger partial charge on any atom is -0.377 e. The SMILES string of the molecule is ClCC1(Nc2ccnc3cc(Br)cnc23)CCCCC1. The van der Waals surface area contributed by atoms with Gasteiger partial charge in [-0.2, -0.15) is 0 Å². The second-order valence-electron chi connectivity index (χ2n) is 5.48. The molecule has 1 fully saturated rings. The Bertz CT molecular complexity index is 611. The normalized spacial score (nSPS) is 18.1. The van der Waals surface area contributed by atoms with Gasteiger partial charge in [0.05, 0.1) is 16.7 Å². The molecule has 1 aliphatic rings. The molecule has 0 amide bonds. The van der Waals surface area contributed by atoms with Crippen molar-refractivity contribution in [2.24, 2.45) is 0 Å². The van der Waals surface area contributed by atoms with Gasteiger partial charge in [0.15, 0.2) is 0 Å². The molecule has 0 spiro atoms. The average Bonchev–Trinajstić information content (AvgIpc) is 2.48. The molecule has 20 heavy (non-hydrogen) atoms. The van der Waals surface area contributed by atoms with E-state index in [0.29, 0.717) is 5.88 Å². The van der Waals surface area contributed by atoms with Gasteiger partial charge in [0.1, 0.15) is 5.52 Å². The van der Waals surface area contributed by atoms with E-state index in [0.717, 1.165) is 34.0 Å². The summed E-state index contributed by atoms with van der Waals surface area (Å²) in [6, 6.07) is 3.98. The zero-order chi connectivity index (χ0) is 14.0. The molecule has 0 radical (unpaired) electrons. The first-order valence-corrected chi connectivity index (χ1v) is 8.30. The van der Waals surface area contributed by atoms with Crippen molar-refractivity contribution >= 4 is 44.3 Å². The summed E-state index contributed by atoms with van der Waals surface area (Å²) in [5.74, 6) is 0.632. The minimum absolute atomic E-state index is 0.00282. The Hall–Kier alpha value is -0.870. The van der Waals surface area contributed by atoms with Crippen LogP contribution in [0.3, 0.4) is 0 Å². The summed E-state index contributed by atoms with van der Waals surface area (Å²) in [6.07, 6.45) is 9.66. The molecule has 2 aromatic rings. The van der Waals surface area contributed by atoms with Crippen LogP contribution in [-0.4, -0.2) is 21.4 Å². The Kier molecular flexibility index (Phi) is 4.13. The maximum Gasteiger partial charge on any atom is 0.112 e. The summed E-state index contributed by atoms with van der Waals surface area (Å²) in [5.41, 5.74) is 2.84. The lowest BCUT2D eigenvalue weighted by Gasteiger charge is -2.37. The van der Waals surface area contributed by atoms with E-state index in [2.05, 4.69) is 31.2 Å². The summed E-state index contributed by atoms with van der Waals surface area (Å²) in [4.78, 5) is 8.88. The molecule has 2 heterocycles. The van der Waals surface area contributed by atoms with Gasteiger partial charge >= 0.3 is 0 Å². The van der Waals surface area contributed by atoms with E-state index in [9.17, 15) is 0 Å². The molecule has 0 unspecified atom stereocenters. The second-order valence-corrected chi connectivity index (χ2v) is 6.66. The van der Waals surface area contributed by atoms with Crippen LogP contribution in [0.2, 0.25) is 0 Å². The van der Waals surface area contributed by atoms with Gasteiger partial charge < -0.3 is 5.32 Å². The number of halogens is 2. The van der Waals surface area contributed by atoms with Crippen molar-refractivity contribution in [3.8, 4) is 0 Å². The fourth-order valence-electron chi connectivity index (χ4n) is 2.91. The maximum absolute atomic E-state index is 6.26. The largest absolute Gasteiger partial charge is 0.377 e. The third-order valence-electron chi connectivity index (χ3n) is 4.01. The number of aromatic nitrogens is 2. The quantitative estimate of drug-likeness (QED) is 0.809. The van der Waals surface area contributed by atoms with E-state index in [1.807, 2.05) is 24.5 Å². The number of hydrogen-bond acceptors (Lipinski definition) is 3. The molecule has 0 saturated heterocycles. The van der Waals surface area contributed by atoms with Gasteiger partial charge in [0.25, 0.3) is 0 Å². The van der Waals surface area contributed by atoms with Gasteiger partial charge in [-0.25, -0.2) is 0 Å². The van der Waals surface area contributed by atoms with Crippen LogP contribution in [0.4, 0.5) is 5.69 Å².